The highest BCUT2D eigenvalue weighted by molar-refractivity contribution is 7.19. The smallest absolute Gasteiger partial charge is 0.256 e. The molecule has 0 radical (unpaired) electrons. The van der Waals surface area contributed by atoms with E-state index >= 15 is 0 Å². The number of nitrogens with zero attached hydrogens (tertiary/aromatic N) is 1. The number of nitrogens with one attached hydrogen (secondary N) is 1. The number of ketones is 1. The van der Waals surface area contributed by atoms with E-state index in [1.165, 1.54) is 25.3 Å². The fourth-order valence-electron chi connectivity index (χ4n) is 2.38. The molecule has 0 spiro atoms. The van der Waals surface area contributed by atoms with Crippen LogP contribution in [0.25, 0.3) is 0 Å². The number of aliphatic hydroxyl groups is 1. The van der Waals surface area contributed by atoms with Crippen LogP contribution in [0.3, 0.4) is 0 Å². The number of β-amino-alcohol motifs (C(OH)–C–C–N with tert-alkyl or cyclic N) is 1. The number of hydrogen-bond donors (Lipinski definition) is 3. The normalized spacial score (nSPS) is 22.1. The van der Waals surface area contributed by atoms with Crippen molar-refractivity contribution < 1.29 is 14.7 Å². The summed E-state index contributed by atoms with van der Waals surface area (Å²) < 4.78 is 0. The average Bonchev–Trinajstić information content (AvgIpc) is 2.88. The van der Waals surface area contributed by atoms with Crippen molar-refractivity contribution in [2.24, 2.45) is 0 Å². The molecule has 1 amide bonds. The molecule has 1 aromatic rings. The SMILES string of the molecule is CNC(=O)c1c(N2CCC(C)(O)C2)sc(C(C)=O)c1N. The highest BCUT2D eigenvalue weighted by Gasteiger charge is 2.35. The van der Waals surface area contributed by atoms with Crippen LogP contribution >= 0.6 is 11.3 Å². The van der Waals surface area contributed by atoms with Crippen LogP contribution < -0.4 is 16.0 Å². The van der Waals surface area contributed by atoms with Crippen molar-refractivity contribution in [2.45, 2.75) is 25.9 Å². The topological polar surface area (TPSA) is 95.7 Å². The molecule has 0 aliphatic carbocycles. The highest BCUT2D eigenvalue weighted by Crippen LogP contribution is 2.41. The minimum atomic E-state index is -0.783. The van der Waals surface area contributed by atoms with Crippen molar-refractivity contribution in [2.75, 3.05) is 30.8 Å². The number of hydrogen-bond acceptors (Lipinski definition) is 6. The Hall–Kier alpha value is -1.60. The summed E-state index contributed by atoms with van der Waals surface area (Å²) in [5, 5.41) is 13.3. The van der Waals surface area contributed by atoms with Crippen molar-refractivity contribution in [3.05, 3.63) is 10.4 Å². The molecule has 0 bridgehead atoms. The Balaban J connectivity index is 2.49. The maximum atomic E-state index is 12.0. The lowest BCUT2D eigenvalue weighted by molar-refractivity contribution is 0.0838. The van der Waals surface area contributed by atoms with Crippen LogP contribution in [-0.4, -0.2) is 42.5 Å². The summed E-state index contributed by atoms with van der Waals surface area (Å²) in [6.45, 7) is 4.25. The molecule has 110 valence electrons. The zero-order chi connectivity index (χ0) is 15.1. The average molecular weight is 297 g/mol. The Labute approximate surface area is 121 Å². The minimum absolute atomic E-state index is 0.158. The predicted molar refractivity (Wildman–Crippen MR) is 79.6 cm³/mol. The van der Waals surface area contributed by atoms with Gasteiger partial charge in [-0.25, -0.2) is 0 Å². The maximum absolute atomic E-state index is 12.0. The molecule has 2 rings (SSSR count). The molecular weight excluding hydrogens is 278 g/mol. The van der Waals surface area contributed by atoms with E-state index in [1.807, 2.05) is 4.90 Å². The Morgan fingerprint density at radius 3 is 2.60 bits per heavy atom. The second-order valence-corrected chi connectivity index (χ2v) is 6.33. The van der Waals surface area contributed by atoms with Gasteiger partial charge in [0, 0.05) is 27.1 Å². The standard InChI is InChI=1S/C13H19N3O3S/c1-7(17)10-9(14)8(11(18)15-3)12(20-10)16-5-4-13(2,19)6-16/h19H,4-6,14H2,1-3H3,(H,15,18). The highest BCUT2D eigenvalue weighted by atomic mass is 32.1. The fraction of sp³-hybridized carbons (Fsp3) is 0.538. The van der Waals surface area contributed by atoms with Gasteiger partial charge >= 0.3 is 0 Å². The molecule has 7 heteroatoms. The van der Waals surface area contributed by atoms with Gasteiger partial charge in [0.2, 0.25) is 0 Å². The van der Waals surface area contributed by atoms with Gasteiger partial charge in [-0.15, -0.1) is 11.3 Å². The zero-order valence-electron chi connectivity index (χ0n) is 11.8. The summed E-state index contributed by atoms with van der Waals surface area (Å²) in [5.74, 6) is -0.470. The molecule has 1 aliphatic heterocycles. The summed E-state index contributed by atoms with van der Waals surface area (Å²) in [6, 6.07) is 0. The number of carbonyl (C=O) groups is 2. The third-order valence-corrected chi connectivity index (χ3v) is 4.81. The fourth-order valence-corrected chi connectivity index (χ4v) is 3.52. The van der Waals surface area contributed by atoms with Crippen molar-refractivity contribution >= 4 is 33.7 Å². The van der Waals surface area contributed by atoms with Crippen LogP contribution in [0.5, 0.6) is 0 Å². The van der Waals surface area contributed by atoms with Crippen molar-refractivity contribution in [3.8, 4) is 0 Å². The molecular formula is C13H19N3O3S. The van der Waals surface area contributed by atoms with Gasteiger partial charge in [0.25, 0.3) is 5.91 Å². The maximum Gasteiger partial charge on any atom is 0.256 e. The number of amides is 1. The van der Waals surface area contributed by atoms with Crippen LogP contribution in [0.4, 0.5) is 10.7 Å². The molecule has 1 aromatic heterocycles. The molecule has 1 aliphatic rings. The van der Waals surface area contributed by atoms with Crippen molar-refractivity contribution in [1.82, 2.24) is 5.32 Å². The summed E-state index contributed by atoms with van der Waals surface area (Å²) in [4.78, 5) is 25.9. The number of rotatable bonds is 3. The zero-order valence-corrected chi connectivity index (χ0v) is 12.6. The van der Waals surface area contributed by atoms with Crippen LogP contribution in [-0.2, 0) is 0 Å². The second kappa shape index (κ2) is 5.06. The number of Topliss-reactive ketones (excluding diaryl/α,β-unsaturated/α-hetero) is 1. The van der Waals surface area contributed by atoms with Crippen LogP contribution in [0.2, 0.25) is 0 Å². The number of anilines is 2. The molecule has 1 atom stereocenters. The molecule has 2 heterocycles. The number of thiophene rings is 1. The molecule has 0 saturated carbocycles. The summed E-state index contributed by atoms with van der Waals surface area (Å²) in [5.41, 5.74) is 5.73. The van der Waals surface area contributed by atoms with Crippen LogP contribution in [0, 0.1) is 0 Å². The van der Waals surface area contributed by atoms with Crippen molar-refractivity contribution in [1.29, 1.82) is 0 Å². The van der Waals surface area contributed by atoms with E-state index in [2.05, 4.69) is 5.32 Å². The lowest BCUT2D eigenvalue weighted by atomic mass is 10.1. The molecule has 20 heavy (non-hydrogen) atoms. The number of carbonyl (C=O) groups excluding carboxylic acids is 2. The lowest BCUT2D eigenvalue weighted by Gasteiger charge is -2.20. The Morgan fingerprint density at radius 1 is 1.50 bits per heavy atom. The lowest BCUT2D eigenvalue weighted by Crippen LogP contribution is -2.30. The van der Waals surface area contributed by atoms with Gasteiger partial charge in [-0.05, 0) is 13.3 Å². The van der Waals surface area contributed by atoms with Gasteiger partial charge in [0.05, 0.1) is 21.7 Å². The molecule has 1 saturated heterocycles. The van der Waals surface area contributed by atoms with E-state index in [9.17, 15) is 14.7 Å². The molecule has 4 N–H and O–H groups in total. The summed E-state index contributed by atoms with van der Waals surface area (Å²) >= 11 is 1.22. The second-order valence-electron chi connectivity index (χ2n) is 5.33. The van der Waals surface area contributed by atoms with E-state index in [0.29, 0.717) is 35.0 Å². The first-order valence-corrected chi connectivity index (χ1v) is 7.21. The molecule has 6 nitrogen and oxygen atoms in total. The van der Waals surface area contributed by atoms with E-state index in [0.717, 1.165) is 0 Å². The summed E-state index contributed by atoms with van der Waals surface area (Å²) in [6.07, 6.45) is 0.618. The van der Waals surface area contributed by atoms with Crippen LogP contribution in [0.15, 0.2) is 0 Å². The van der Waals surface area contributed by atoms with Crippen molar-refractivity contribution in [3.63, 3.8) is 0 Å². The van der Waals surface area contributed by atoms with Gasteiger partial charge in [-0.3, -0.25) is 9.59 Å². The quantitative estimate of drug-likeness (QED) is 0.719. The molecule has 1 fully saturated rings. The van der Waals surface area contributed by atoms with Gasteiger partial charge < -0.3 is 21.1 Å². The first-order valence-electron chi connectivity index (χ1n) is 6.39. The predicted octanol–water partition coefficient (Wildman–Crippen LogP) is 0.854. The number of nitrogens with two attached hydrogens (primary N) is 1. The van der Waals surface area contributed by atoms with Crippen LogP contribution in [0.1, 0.15) is 40.3 Å². The van der Waals surface area contributed by atoms with Gasteiger partial charge in [0.15, 0.2) is 5.78 Å². The Bertz CT molecular complexity index is 565. The molecule has 0 aromatic carbocycles. The Kier molecular flexibility index (Phi) is 3.75. The first-order chi connectivity index (χ1) is 9.26. The Morgan fingerprint density at radius 2 is 2.15 bits per heavy atom. The molecule has 1 unspecified atom stereocenters. The van der Waals surface area contributed by atoms with E-state index in [1.54, 1.807) is 6.92 Å². The van der Waals surface area contributed by atoms with E-state index < -0.39 is 5.60 Å². The van der Waals surface area contributed by atoms with Gasteiger partial charge in [-0.1, -0.05) is 0 Å². The van der Waals surface area contributed by atoms with Gasteiger partial charge in [0.1, 0.15) is 5.00 Å². The number of nitrogen functional groups attached to an aromatic ring is 1. The van der Waals surface area contributed by atoms with Gasteiger partial charge in [-0.2, -0.15) is 0 Å². The van der Waals surface area contributed by atoms with E-state index in [-0.39, 0.29) is 17.4 Å². The summed E-state index contributed by atoms with van der Waals surface area (Å²) in [7, 11) is 1.52. The van der Waals surface area contributed by atoms with E-state index in [4.69, 9.17) is 5.73 Å². The third kappa shape index (κ3) is 2.51. The monoisotopic (exact) mass is 297 g/mol. The first kappa shape index (κ1) is 14.8. The third-order valence-electron chi connectivity index (χ3n) is 3.44. The largest absolute Gasteiger partial charge is 0.397 e. The minimum Gasteiger partial charge on any atom is -0.397 e.